The SMILES string of the molecule is Cc1cc(N)cc(C(=O)Nc2ncccc2Br)c1. The Bertz CT molecular complexity index is 578. The highest BCUT2D eigenvalue weighted by molar-refractivity contribution is 9.10. The lowest BCUT2D eigenvalue weighted by atomic mass is 10.1. The van der Waals surface area contributed by atoms with Crippen molar-refractivity contribution in [2.75, 3.05) is 11.1 Å². The molecule has 2 aromatic rings. The molecule has 0 saturated heterocycles. The number of hydrogen-bond acceptors (Lipinski definition) is 3. The molecule has 4 nitrogen and oxygen atoms in total. The molecule has 1 aromatic carbocycles. The number of rotatable bonds is 2. The summed E-state index contributed by atoms with van der Waals surface area (Å²) in [6.45, 7) is 1.89. The second-order valence-corrected chi connectivity index (χ2v) is 4.77. The van der Waals surface area contributed by atoms with Gasteiger partial charge in [-0.15, -0.1) is 0 Å². The molecule has 0 aliphatic heterocycles. The summed E-state index contributed by atoms with van der Waals surface area (Å²) in [6.07, 6.45) is 1.62. The lowest BCUT2D eigenvalue weighted by Crippen LogP contribution is -2.13. The van der Waals surface area contributed by atoms with E-state index < -0.39 is 0 Å². The molecule has 0 radical (unpaired) electrons. The molecule has 0 aliphatic rings. The van der Waals surface area contributed by atoms with Crippen molar-refractivity contribution in [2.45, 2.75) is 6.92 Å². The van der Waals surface area contributed by atoms with Gasteiger partial charge in [0.05, 0.1) is 4.47 Å². The number of benzene rings is 1. The zero-order chi connectivity index (χ0) is 13.1. The highest BCUT2D eigenvalue weighted by Gasteiger charge is 2.09. The Labute approximate surface area is 113 Å². The van der Waals surface area contributed by atoms with E-state index in [0.29, 0.717) is 17.1 Å². The van der Waals surface area contributed by atoms with Gasteiger partial charge in [-0.1, -0.05) is 0 Å². The van der Waals surface area contributed by atoms with Crippen molar-refractivity contribution in [1.82, 2.24) is 4.98 Å². The monoisotopic (exact) mass is 305 g/mol. The fourth-order valence-electron chi connectivity index (χ4n) is 1.60. The molecule has 5 heteroatoms. The zero-order valence-electron chi connectivity index (χ0n) is 9.77. The third-order valence-electron chi connectivity index (χ3n) is 2.35. The predicted molar refractivity (Wildman–Crippen MR) is 75.5 cm³/mol. The summed E-state index contributed by atoms with van der Waals surface area (Å²) in [5.74, 6) is 0.257. The summed E-state index contributed by atoms with van der Waals surface area (Å²) in [5.41, 5.74) is 7.75. The number of carbonyl (C=O) groups is 1. The highest BCUT2D eigenvalue weighted by Crippen LogP contribution is 2.20. The second kappa shape index (κ2) is 5.18. The van der Waals surface area contributed by atoms with Crippen LogP contribution in [0.15, 0.2) is 41.0 Å². The Morgan fingerprint density at radius 1 is 1.39 bits per heavy atom. The van der Waals surface area contributed by atoms with Gasteiger partial charge in [0, 0.05) is 17.4 Å². The van der Waals surface area contributed by atoms with Gasteiger partial charge in [-0.2, -0.15) is 0 Å². The van der Waals surface area contributed by atoms with E-state index in [0.717, 1.165) is 10.0 Å². The Morgan fingerprint density at radius 3 is 2.83 bits per heavy atom. The predicted octanol–water partition coefficient (Wildman–Crippen LogP) is 2.99. The summed E-state index contributed by atoms with van der Waals surface area (Å²) in [6, 6.07) is 8.83. The number of nitrogens with one attached hydrogen (secondary N) is 1. The molecule has 3 N–H and O–H groups in total. The molecule has 1 amide bonds. The lowest BCUT2D eigenvalue weighted by molar-refractivity contribution is 0.102. The molecule has 0 aliphatic carbocycles. The van der Waals surface area contributed by atoms with Crippen LogP contribution in [-0.4, -0.2) is 10.9 Å². The maximum Gasteiger partial charge on any atom is 0.256 e. The topological polar surface area (TPSA) is 68.0 Å². The summed E-state index contributed by atoms with van der Waals surface area (Å²) < 4.78 is 0.735. The number of nitrogens with two attached hydrogens (primary N) is 1. The first kappa shape index (κ1) is 12.6. The minimum absolute atomic E-state index is 0.232. The van der Waals surface area contributed by atoms with Crippen molar-refractivity contribution in [1.29, 1.82) is 0 Å². The van der Waals surface area contributed by atoms with Crippen LogP contribution in [0.2, 0.25) is 0 Å². The van der Waals surface area contributed by atoms with Crippen molar-refractivity contribution < 1.29 is 4.79 Å². The Morgan fingerprint density at radius 2 is 2.17 bits per heavy atom. The lowest BCUT2D eigenvalue weighted by Gasteiger charge is -2.07. The maximum atomic E-state index is 12.0. The normalized spacial score (nSPS) is 10.1. The van der Waals surface area contributed by atoms with E-state index in [1.165, 1.54) is 0 Å². The Balaban J connectivity index is 2.25. The van der Waals surface area contributed by atoms with E-state index in [-0.39, 0.29) is 5.91 Å². The first-order chi connectivity index (χ1) is 8.56. The van der Waals surface area contributed by atoms with Crippen molar-refractivity contribution in [3.63, 3.8) is 0 Å². The number of nitrogen functional groups attached to an aromatic ring is 1. The van der Waals surface area contributed by atoms with Gasteiger partial charge >= 0.3 is 0 Å². The summed E-state index contributed by atoms with van der Waals surface area (Å²) >= 11 is 3.32. The average molecular weight is 306 g/mol. The third kappa shape index (κ3) is 2.87. The molecule has 18 heavy (non-hydrogen) atoms. The van der Waals surface area contributed by atoms with E-state index in [1.807, 2.05) is 19.1 Å². The molecule has 0 saturated carbocycles. The number of halogens is 1. The molecule has 0 fully saturated rings. The number of amides is 1. The minimum Gasteiger partial charge on any atom is -0.399 e. The van der Waals surface area contributed by atoms with Crippen LogP contribution >= 0.6 is 15.9 Å². The third-order valence-corrected chi connectivity index (χ3v) is 2.99. The van der Waals surface area contributed by atoms with Crippen LogP contribution < -0.4 is 11.1 Å². The second-order valence-electron chi connectivity index (χ2n) is 3.92. The molecule has 1 heterocycles. The highest BCUT2D eigenvalue weighted by atomic mass is 79.9. The van der Waals surface area contributed by atoms with E-state index in [9.17, 15) is 4.79 Å². The quantitative estimate of drug-likeness (QED) is 0.838. The number of hydrogen-bond donors (Lipinski definition) is 2. The van der Waals surface area contributed by atoms with Crippen LogP contribution in [-0.2, 0) is 0 Å². The molecule has 1 aromatic heterocycles. The van der Waals surface area contributed by atoms with Gasteiger partial charge in [-0.05, 0) is 58.7 Å². The Hall–Kier alpha value is -1.88. The minimum atomic E-state index is -0.232. The van der Waals surface area contributed by atoms with E-state index >= 15 is 0 Å². The fourth-order valence-corrected chi connectivity index (χ4v) is 1.96. The number of pyridine rings is 1. The van der Waals surface area contributed by atoms with Crippen molar-refractivity contribution in [3.8, 4) is 0 Å². The van der Waals surface area contributed by atoms with Crippen LogP contribution in [0.1, 0.15) is 15.9 Å². The Kier molecular flexibility index (Phi) is 3.62. The molecular formula is C13H12BrN3O. The smallest absolute Gasteiger partial charge is 0.256 e. The zero-order valence-corrected chi connectivity index (χ0v) is 11.4. The van der Waals surface area contributed by atoms with Crippen molar-refractivity contribution in [3.05, 3.63) is 52.1 Å². The van der Waals surface area contributed by atoms with Gasteiger partial charge in [0.25, 0.3) is 5.91 Å². The fraction of sp³-hybridized carbons (Fsp3) is 0.0769. The standard InChI is InChI=1S/C13H12BrN3O/c1-8-5-9(7-10(15)6-8)13(18)17-12-11(14)3-2-4-16-12/h2-7H,15H2,1H3,(H,16,17,18). The molecule has 0 atom stereocenters. The molecule has 0 unspecified atom stereocenters. The average Bonchev–Trinajstić information content (AvgIpc) is 2.31. The number of carbonyl (C=O) groups excluding carboxylic acids is 1. The van der Waals surface area contributed by atoms with Crippen LogP contribution in [0.4, 0.5) is 11.5 Å². The maximum absolute atomic E-state index is 12.0. The number of aryl methyl sites for hydroxylation is 1. The van der Waals surface area contributed by atoms with Crippen LogP contribution in [0, 0.1) is 6.92 Å². The van der Waals surface area contributed by atoms with E-state index in [1.54, 1.807) is 24.4 Å². The van der Waals surface area contributed by atoms with Gasteiger partial charge in [-0.25, -0.2) is 4.98 Å². The van der Waals surface area contributed by atoms with Crippen LogP contribution in [0.3, 0.4) is 0 Å². The van der Waals surface area contributed by atoms with Crippen molar-refractivity contribution >= 4 is 33.3 Å². The number of anilines is 2. The first-order valence-corrected chi connectivity index (χ1v) is 6.14. The van der Waals surface area contributed by atoms with E-state index in [2.05, 4.69) is 26.2 Å². The van der Waals surface area contributed by atoms with Gasteiger partial charge < -0.3 is 11.1 Å². The summed E-state index contributed by atoms with van der Waals surface area (Å²) in [4.78, 5) is 16.1. The van der Waals surface area contributed by atoms with Crippen LogP contribution in [0.5, 0.6) is 0 Å². The molecule has 0 spiro atoms. The number of aromatic nitrogens is 1. The number of nitrogens with zero attached hydrogens (tertiary/aromatic N) is 1. The van der Waals surface area contributed by atoms with Crippen molar-refractivity contribution in [2.24, 2.45) is 0 Å². The van der Waals surface area contributed by atoms with Crippen LogP contribution in [0.25, 0.3) is 0 Å². The van der Waals surface area contributed by atoms with Gasteiger partial charge in [-0.3, -0.25) is 4.79 Å². The van der Waals surface area contributed by atoms with Gasteiger partial charge in [0.15, 0.2) is 0 Å². The van der Waals surface area contributed by atoms with Gasteiger partial charge in [0.2, 0.25) is 0 Å². The first-order valence-electron chi connectivity index (χ1n) is 5.35. The molecule has 0 bridgehead atoms. The van der Waals surface area contributed by atoms with E-state index in [4.69, 9.17) is 5.73 Å². The molecular weight excluding hydrogens is 294 g/mol. The summed E-state index contributed by atoms with van der Waals surface area (Å²) in [7, 11) is 0. The molecule has 92 valence electrons. The molecule has 2 rings (SSSR count). The largest absolute Gasteiger partial charge is 0.399 e. The van der Waals surface area contributed by atoms with Gasteiger partial charge in [0.1, 0.15) is 5.82 Å². The summed E-state index contributed by atoms with van der Waals surface area (Å²) in [5, 5.41) is 2.73.